The molecule has 0 bridgehead atoms. The van der Waals surface area contributed by atoms with E-state index in [9.17, 15) is 13.2 Å². The van der Waals surface area contributed by atoms with Gasteiger partial charge in [-0.1, -0.05) is 27.3 Å². The van der Waals surface area contributed by atoms with Crippen molar-refractivity contribution >= 4 is 53.5 Å². The van der Waals surface area contributed by atoms with Crippen LogP contribution in [-0.2, 0) is 26.1 Å². The number of carbonyl (C=O) groups excluding carboxylic acids is 1. The van der Waals surface area contributed by atoms with Gasteiger partial charge in [0.15, 0.2) is 0 Å². The van der Waals surface area contributed by atoms with E-state index in [1.165, 1.54) is 42.3 Å². The minimum Gasteiger partial charge on any atom is -0.497 e. The molecular weight excluding hydrogens is 456 g/mol. The monoisotopic (exact) mass is 470 g/mol. The van der Waals surface area contributed by atoms with E-state index in [1.807, 2.05) is 12.1 Å². The van der Waals surface area contributed by atoms with Gasteiger partial charge in [0.2, 0.25) is 4.80 Å². The fraction of sp³-hybridized carbons (Fsp3) is 0.176. The number of rotatable bonds is 5. The molecular formula is C17H15BrN2O5S2. The van der Waals surface area contributed by atoms with Gasteiger partial charge < -0.3 is 14.0 Å². The maximum Gasteiger partial charge on any atom is 0.325 e. The third kappa shape index (κ3) is 4.23. The number of hydrogen-bond acceptors (Lipinski definition) is 6. The van der Waals surface area contributed by atoms with Crippen LogP contribution in [0, 0.1) is 0 Å². The van der Waals surface area contributed by atoms with Crippen LogP contribution in [0.1, 0.15) is 0 Å². The maximum absolute atomic E-state index is 12.7. The lowest BCUT2D eigenvalue weighted by Crippen LogP contribution is -2.22. The average molecular weight is 471 g/mol. The van der Waals surface area contributed by atoms with Crippen LogP contribution in [0.3, 0.4) is 0 Å². The number of benzene rings is 2. The number of sulfonamides is 1. The molecule has 0 N–H and O–H groups in total. The number of fused-ring (bicyclic) bond motifs is 1. The summed E-state index contributed by atoms with van der Waals surface area (Å²) in [6, 6.07) is 11.4. The van der Waals surface area contributed by atoms with E-state index in [4.69, 9.17) is 9.47 Å². The standard InChI is InChI=1S/C17H15BrN2O5S2/c1-24-12-4-6-13(7-5-12)27(22,23)19-17-20(10-16(21)25-2)14-8-3-11(18)9-15(14)26-17/h3-9H,10H2,1-2H3/b19-17-. The van der Waals surface area contributed by atoms with E-state index < -0.39 is 16.0 Å². The quantitative estimate of drug-likeness (QED) is 0.534. The number of carbonyl (C=O) groups is 1. The predicted octanol–water partition coefficient (Wildman–Crippen LogP) is 2.94. The Bertz CT molecular complexity index is 1160. The first-order valence-corrected chi connectivity index (χ1v) is 10.7. The van der Waals surface area contributed by atoms with Crippen molar-refractivity contribution in [2.24, 2.45) is 4.40 Å². The van der Waals surface area contributed by atoms with Gasteiger partial charge in [-0.15, -0.1) is 4.40 Å². The minimum absolute atomic E-state index is 0.0338. The number of esters is 1. The number of ether oxygens (including phenoxy) is 2. The molecule has 1 aromatic heterocycles. The number of aromatic nitrogens is 1. The highest BCUT2D eigenvalue weighted by atomic mass is 79.9. The molecule has 0 spiro atoms. The maximum atomic E-state index is 12.7. The lowest BCUT2D eigenvalue weighted by Gasteiger charge is -2.04. The van der Waals surface area contributed by atoms with Gasteiger partial charge in [0.25, 0.3) is 10.0 Å². The van der Waals surface area contributed by atoms with Crippen LogP contribution in [0.4, 0.5) is 0 Å². The molecule has 0 fully saturated rings. The molecule has 1 heterocycles. The van der Waals surface area contributed by atoms with Crippen LogP contribution >= 0.6 is 27.3 Å². The molecule has 0 radical (unpaired) electrons. The second-order valence-electron chi connectivity index (χ2n) is 5.40. The SMILES string of the molecule is COC(=O)Cn1/c(=N/S(=O)(=O)c2ccc(OC)cc2)sc2cc(Br)ccc21. The number of hydrogen-bond donors (Lipinski definition) is 0. The Hall–Kier alpha value is -2.17. The van der Waals surface area contributed by atoms with Crippen molar-refractivity contribution in [3.8, 4) is 5.75 Å². The zero-order chi connectivity index (χ0) is 19.6. The fourth-order valence-electron chi connectivity index (χ4n) is 2.37. The Balaban J connectivity index is 2.18. The van der Waals surface area contributed by atoms with Gasteiger partial charge >= 0.3 is 5.97 Å². The van der Waals surface area contributed by atoms with Crippen molar-refractivity contribution in [1.82, 2.24) is 4.57 Å². The van der Waals surface area contributed by atoms with Crippen molar-refractivity contribution in [1.29, 1.82) is 0 Å². The molecule has 27 heavy (non-hydrogen) atoms. The Kier molecular flexibility index (Phi) is 5.68. The van der Waals surface area contributed by atoms with E-state index in [0.717, 1.165) is 9.17 Å². The van der Waals surface area contributed by atoms with E-state index in [0.29, 0.717) is 11.3 Å². The number of methoxy groups -OCH3 is 2. The highest BCUT2D eigenvalue weighted by Crippen LogP contribution is 2.23. The van der Waals surface area contributed by atoms with Crippen molar-refractivity contribution in [3.05, 3.63) is 51.7 Å². The van der Waals surface area contributed by atoms with Crippen molar-refractivity contribution in [3.63, 3.8) is 0 Å². The van der Waals surface area contributed by atoms with Gasteiger partial charge in [-0.05, 0) is 42.5 Å². The molecule has 7 nitrogen and oxygen atoms in total. The number of nitrogens with zero attached hydrogens (tertiary/aromatic N) is 2. The van der Waals surface area contributed by atoms with Crippen molar-refractivity contribution < 1.29 is 22.7 Å². The molecule has 3 aromatic rings. The van der Waals surface area contributed by atoms with Crippen molar-refractivity contribution in [2.45, 2.75) is 11.4 Å². The summed E-state index contributed by atoms with van der Waals surface area (Å²) in [5, 5.41) is 0. The summed E-state index contributed by atoms with van der Waals surface area (Å²) >= 11 is 4.56. The zero-order valence-electron chi connectivity index (χ0n) is 14.4. The summed E-state index contributed by atoms with van der Waals surface area (Å²) < 4.78 is 42.3. The van der Waals surface area contributed by atoms with Gasteiger partial charge in [0, 0.05) is 4.47 Å². The molecule has 0 atom stereocenters. The molecule has 142 valence electrons. The topological polar surface area (TPSA) is 87.0 Å². The molecule has 3 rings (SSSR count). The first kappa shape index (κ1) is 19.6. The molecule has 0 saturated heterocycles. The molecule has 0 amide bonds. The summed E-state index contributed by atoms with van der Waals surface area (Å²) in [4.78, 5) is 12.0. The summed E-state index contributed by atoms with van der Waals surface area (Å²) in [6.07, 6.45) is 0. The summed E-state index contributed by atoms with van der Waals surface area (Å²) in [5.74, 6) is 0.0438. The average Bonchev–Trinajstić information content (AvgIpc) is 2.97. The normalized spacial score (nSPS) is 12.3. The summed E-state index contributed by atoms with van der Waals surface area (Å²) in [6.45, 7) is -0.144. The Labute approximate surface area is 168 Å². The third-order valence-corrected chi connectivity index (χ3v) is 6.65. The smallest absolute Gasteiger partial charge is 0.325 e. The largest absolute Gasteiger partial charge is 0.497 e. The molecule has 0 unspecified atom stereocenters. The lowest BCUT2D eigenvalue weighted by atomic mass is 10.3. The highest BCUT2D eigenvalue weighted by Gasteiger charge is 2.16. The van der Waals surface area contributed by atoms with Crippen LogP contribution in [0.5, 0.6) is 5.75 Å². The first-order valence-electron chi connectivity index (χ1n) is 7.65. The Morgan fingerprint density at radius 2 is 1.89 bits per heavy atom. The molecule has 0 aliphatic carbocycles. The van der Waals surface area contributed by atoms with Crippen LogP contribution < -0.4 is 9.54 Å². The number of halogens is 1. The third-order valence-electron chi connectivity index (χ3n) is 3.72. The second kappa shape index (κ2) is 7.83. The number of thiazole rings is 1. The minimum atomic E-state index is -3.97. The van der Waals surface area contributed by atoms with Crippen LogP contribution in [0.25, 0.3) is 10.2 Å². The molecule has 10 heteroatoms. The zero-order valence-corrected chi connectivity index (χ0v) is 17.6. The van der Waals surface area contributed by atoms with E-state index in [-0.39, 0.29) is 16.2 Å². The molecule has 0 aliphatic rings. The van der Waals surface area contributed by atoms with Gasteiger partial charge in [-0.2, -0.15) is 8.42 Å². The van der Waals surface area contributed by atoms with Crippen LogP contribution in [0.2, 0.25) is 0 Å². The van der Waals surface area contributed by atoms with E-state index in [2.05, 4.69) is 20.3 Å². The van der Waals surface area contributed by atoms with Gasteiger partial charge in [-0.25, -0.2) is 0 Å². The van der Waals surface area contributed by atoms with Crippen LogP contribution in [-0.4, -0.2) is 33.2 Å². The molecule has 0 aliphatic heterocycles. The van der Waals surface area contributed by atoms with Crippen molar-refractivity contribution in [2.75, 3.05) is 14.2 Å². The second-order valence-corrected chi connectivity index (χ2v) is 8.93. The fourth-order valence-corrected chi connectivity index (χ4v) is 5.15. The predicted molar refractivity (Wildman–Crippen MR) is 105 cm³/mol. The van der Waals surface area contributed by atoms with E-state index >= 15 is 0 Å². The van der Waals surface area contributed by atoms with Gasteiger partial charge in [-0.3, -0.25) is 4.79 Å². The highest BCUT2D eigenvalue weighted by molar-refractivity contribution is 9.10. The molecule has 0 saturated carbocycles. The first-order chi connectivity index (χ1) is 12.8. The van der Waals surface area contributed by atoms with E-state index in [1.54, 1.807) is 18.2 Å². The summed E-state index contributed by atoms with van der Waals surface area (Å²) in [5.41, 5.74) is 0.692. The Morgan fingerprint density at radius 1 is 1.19 bits per heavy atom. The summed E-state index contributed by atoms with van der Waals surface area (Å²) in [7, 11) is -1.19. The van der Waals surface area contributed by atoms with Gasteiger partial charge in [0.1, 0.15) is 12.3 Å². The van der Waals surface area contributed by atoms with Crippen LogP contribution in [0.15, 0.2) is 56.2 Å². The molecule has 2 aromatic carbocycles. The van der Waals surface area contributed by atoms with Gasteiger partial charge in [0.05, 0.1) is 29.3 Å². The Morgan fingerprint density at radius 3 is 2.52 bits per heavy atom. The lowest BCUT2D eigenvalue weighted by molar-refractivity contribution is -0.141.